The lowest BCUT2D eigenvalue weighted by molar-refractivity contribution is 0.414. The van der Waals surface area contributed by atoms with Gasteiger partial charge in [-0.2, -0.15) is 0 Å². The average molecular weight is 375 g/mol. The van der Waals surface area contributed by atoms with Gasteiger partial charge in [-0.05, 0) is 48.5 Å². The van der Waals surface area contributed by atoms with Crippen LogP contribution in [0.3, 0.4) is 0 Å². The monoisotopic (exact) mass is 373 g/mol. The number of methoxy groups -OCH3 is 1. The van der Waals surface area contributed by atoms with E-state index < -0.39 is 0 Å². The Morgan fingerprint density at radius 2 is 1.75 bits per heavy atom. The van der Waals surface area contributed by atoms with Gasteiger partial charge in [0.15, 0.2) is 0 Å². The highest BCUT2D eigenvalue weighted by molar-refractivity contribution is 9.10. The van der Waals surface area contributed by atoms with Crippen LogP contribution in [0.4, 0.5) is 0 Å². The smallest absolute Gasteiger partial charge is 0.120 e. The molecule has 1 atom stereocenters. The SMILES string of the molecule is CNC(c1cc(Cl)cc(Cl)c1)c1ccc(OC)cc1Br. The van der Waals surface area contributed by atoms with Crippen molar-refractivity contribution in [2.45, 2.75) is 6.04 Å². The first kappa shape index (κ1) is 15.6. The second-order valence-corrected chi connectivity index (χ2v) is 6.04. The summed E-state index contributed by atoms with van der Waals surface area (Å²) in [5, 5.41) is 4.52. The van der Waals surface area contributed by atoms with Crippen LogP contribution in [0, 0.1) is 0 Å². The van der Waals surface area contributed by atoms with Crippen LogP contribution in [0.2, 0.25) is 10.0 Å². The van der Waals surface area contributed by atoms with Gasteiger partial charge in [0.05, 0.1) is 13.2 Å². The van der Waals surface area contributed by atoms with Crippen LogP contribution in [-0.4, -0.2) is 14.2 Å². The van der Waals surface area contributed by atoms with Gasteiger partial charge in [-0.25, -0.2) is 0 Å². The van der Waals surface area contributed by atoms with Crippen molar-refractivity contribution in [3.8, 4) is 5.75 Å². The zero-order valence-electron chi connectivity index (χ0n) is 11.1. The standard InChI is InChI=1S/C15H14BrCl2NO/c1-19-15(9-5-10(17)7-11(18)6-9)13-4-3-12(20-2)8-14(13)16/h3-8,15,19H,1-2H3. The molecule has 1 N–H and O–H groups in total. The van der Waals surface area contributed by atoms with Crippen LogP contribution < -0.4 is 10.1 Å². The normalized spacial score (nSPS) is 12.2. The molecule has 0 aliphatic heterocycles. The largest absolute Gasteiger partial charge is 0.497 e. The Hall–Kier alpha value is -0.740. The molecule has 0 saturated carbocycles. The fourth-order valence-electron chi connectivity index (χ4n) is 2.11. The highest BCUT2D eigenvalue weighted by Gasteiger charge is 2.16. The van der Waals surface area contributed by atoms with Crippen LogP contribution in [0.25, 0.3) is 0 Å². The van der Waals surface area contributed by atoms with Gasteiger partial charge in [-0.15, -0.1) is 0 Å². The molecule has 2 rings (SSSR count). The summed E-state index contributed by atoms with van der Waals surface area (Å²) in [7, 11) is 3.55. The van der Waals surface area contributed by atoms with E-state index in [1.807, 2.05) is 37.4 Å². The average Bonchev–Trinajstić information content (AvgIpc) is 2.40. The van der Waals surface area contributed by atoms with Crippen molar-refractivity contribution in [3.63, 3.8) is 0 Å². The minimum atomic E-state index is -0.00789. The van der Waals surface area contributed by atoms with Crippen LogP contribution in [0.1, 0.15) is 17.2 Å². The van der Waals surface area contributed by atoms with Gasteiger partial charge in [-0.3, -0.25) is 0 Å². The van der Waals surface area contributed by atoms with Gasteiger partial charge in [0, 0.05) is 14.5 Å². The predicted molar refractivity (Wildman–Crippen MR) is 88.1 cm³/mol. The Kier molecular flexibility index (Phi) is 5.33. The van der Waals surface area contributed by atoms with E-state index in [0.29, 0.717) is 10.0 Å². The lowest BCUT2D eigenvalue weighted by atomic mass is 9.99. The Labute approximate surface area is 137 Å². The van der Waals surface area contributed by atoms with E-state index in [9.17, 15) is 0 Å². The molecule has 0 aliphatic rings. The Balaban J connectivity index is 2.46. The summed E-state index contributed by atoms with van der Waals surface area (Å²) >= 11 is 15.7. The van der Waals surface area contributed by atoms with E-state index in [1.165, 1.54) is 0 Å². The molecule has 106 valence electrons. The van der Waals surface area contributed by atoms with Crippen LogP contribution in [-0.2, 0) is 0 Å². The van der Waals surface area contributed by atoms with Crippen molar-refractivity contribution >= 4 is 39.1 Å². The molecule has 5 heteroatoms. The van der Waals surface area contributed by atoms with Crippen molar-refractivity contribution in [3.05, 3.63) is 62.0 Å². The van der Waals surface area contributed by atoms with Crippen molar-refractivity contribution < 1.29 is 4.74 Å². The highest BCUT2D eigenvalue weighted by Crippen LogP contribution is 2.33. The third-order valence-electron chi connectivity index (χ3n) is 3.03. The molecule has 2 aromatic carbocycles. The molecule has 0 aliphatic carbocycles. The molecule has 2 nitrogen and oxygen atoms in total. The lowest BCUT2D eigenvalue weighted by Gasteiger charge is -2.20. The molecule has 0 amide bonds. The lowest BCUT2D eigenvalue weighted by Crippen LogP contribution is -2.18. The number of rotatable bonds is 4. The molecule has 0 radical (unpaired) electrons. The third-order valence-corrected chi connectivity index (χ3v) is 4.15. The summed E-state index contributed by atoms with van der Waals surface area (Å²) < 4.78 is 6.18. The van der Waals surface area contributed by atoms with E-state index in [-0.39, 0.29) is 6.04 Å². The molecule has 1 unspecified atom stereocenters. The first-order chi connectivity index (χ1) is 9.55. The Morgan fingerprint density at radius 3 is 2.25 bits per heavy atom. The fraction of sp³-hybridized carbons (Fsp3) is 0.200. The first-order valence-electron chi connectivity index (χ1n) is 6.02. The molecular formula is C15H14BrCl2NO. The molecule has 2 aromatic rings. The van der Waals surface area contributed by atoms with E-state index in [0.717, 1.165) is 21.3 Å². The molecule has 0 spiro atoms. The van der Waals surface area contributed by atoms with E-state index in [1.54, 1.807) is 13.2 Å². The van der Waals surface area contributed by atoms with Crippen molar-refractivity contribution in [1.29, 1.82) is 0 Å². The van der Waals surface area contributed by atoms with Gasteiger partial charge in [-0.1, -0.05) is 45.2 Å². The zero-order chi connectivity index (χ0) is 14.7. The summed E-state index contributed by atoms with van der Waals surface area (Å²) in [6, 6.07) is 11.4. The van der Waals surface area contributed by atoms with Crippen molar-refractivity contribution in [2.24, 2.45) is 0 Å². The number of ether oxygens (including phenoxy) is 1. The summed E-state index contributed by atoms with van der Waals surface area (Å²) in [4.78, 5) is 0. The summed E-state index contributed by atoms with van der Waals surface area (Å²) in [6.07, 6.45) is 0. The third kappa shape index (κ3) is 3.47. The Morgan fingerprint density at radius 1 is 1.10 bits per heavy atom. The minimum Gasteiger partial charge on any atom is -0.497 e. The predicted octanol–water partition coefficient (Wildman–Crippen LogP) is 5.07. The molecule has 0 heterocycles. The van der Waals surface area contributed by atoms with E-state index in [2.05, 4.69) is 21.2 Å². The number of benzene rings is 2. The van der Waals surface area contributed by atoms with Crippen LogP contribution >= 0.6 is 39.1 Å². The van der Waals surface area contributed by atoms with E-state index in [4.69, 9.17) is 27.9 Å². The second kappa shape index (κ2) is 6.81. The highest BCUT2D eigenvalue weighted by atomic mass is 79.9. The molecule has 0 aromatic heterocycles. The maximum atomic E-state index is 6.08. The van der Waals surface area contributed by atoms with E-state index >= 15 is 0 Å². The fourth-order valence-corrected chi connectivity index (χ4v) is 3.24. The second-order valence-electron chi connectivity index (χ2n) is 4.31. The maximum Gasteiger partial charge on any atom is 0.120 e. The van der Waals surface area contributed by atoms with Gasteiger partial charge < -0.3 is 10.1 Å². The molecule has 0 fully saturated rings. The maximum absolute atomic E-state index is 6.08. The quantitative estimate of drug-likeness (QED) is 0.806. The number of hydrogen-bond acceptors (Lipinski definition) is 2. The summed E-state index contributed by atoms with van der Waals surface area (Å²) in [5.74, 6) is 0.805. The van der Waals surface area contributed by atoms with Crippen molar-refractivity contribution in [1.82, 2.24) is 5.32 Å². The van der Waals surface area contributed by atoms with Gasteiger partial charge in [0.25, 0.3) is 0 Å². The van der Waals surface area contributed by atoms with Crippen LogP contribution in [0.15, 0.2) is 40.9 Å². The minimum absolute atomic E-state index is 0.00789. The van der Waals surface area contributed by atoms with Gasteiger partial charge >= 0.3 is 0 Å². The first-order valence-corrected chi connectivity index (χ1v) is 7.56. The molecular weight excluding hydrogens is 361 g/mol. The molecule has 0 saturated heterocycles. The van der Waals surface area contributed by atoms with Gasteiger partial charge in [0.2, 0.25) is 0 Å². The molecule has 0 bridgehead atoms. The van der Waals surface area contributed by atoms with Crippen molar-refractivity contribution in [2.75, 3.05) is 14.2 Å². The number of halogens is 3. The zero-order valence-corrected chi connectivity index (χ0v) is 14.2. The number of nitrogens with one attached hydrogen (secondary N) is 1. The molecule has 20 heavy (non-hydrogen) atoms. The number of hydrogen-bond donors (Lipinski definition) is 1. The van der Waals surface area contributed by atoms with Crippen LogP contribution in [0.5, 0.6) is 5.75 Å². The Bertz CT molecular complexity index is 599. The van der Waals surface area contributed by atoms with Gasteiger partial charge in [0.1, 0.15) is 5.75 Å². The summed E-state index contributed by atoms with van der Waals surface area (Å²) in [6.45, 7) is 0. The topological polar surface area (TPSA) is 21.3 Å². The summed E-state index contributed by atoms with van der Waals surface area (Å²) in [5.41, 5.74) is 2.10.